The third-order valence-electron chi connectivity index (χ3n) is 2.01. The minimum atomic E-state index is -4.66. The van der Waals surface area contributed by atoms with Crippen molar-refractivity contribution in [2.75, 3.05) is 11.3 Å². The van der Waals surface area contributed by atoms with Crippen molar-refractivity contribution in [1.29, 1.82) is 0 Å². The molecule has 0 aromatic heterocycles. The van der Waals surface area contributed by atoms with Crippen LogP contribution in [0.25, 0.3) is 0 Å². The van der Waals surface area contributed by atoms with E-state index in [-0.39, 0.29) is 11.3 Å². The van der Waals surface area contributed by atoms with Gasteiger partial charge in [0, 0.05) is 5.56 Å². The summed E-state index contributed by atoms with van der Waals surface area (Å²) in [5.41, 5.74) is -0.00967. The third kappa shape index (κ3) is 5.26. The number of hydrogen-bond acceptors (Lipinski definition) is 3. The number of carbonyl (C=O) groups excluding carboxylic acids is 1. The second kappa shape index (κ2) is 5.57. The number of alkyl halides is 3. The largest absolute Gasteiger partial charge is 0.402 e. The van der Waals surface area contributed by atoms with Gasteiger partial charge in [0.15, 0.2) is 5.78 Å². The van der Waals surface area contributed by atoms with Crippen molar-refractivity contribution < 1.29 is 26.4 Å². The highest BCUT2D eigenvalue weighted by molar-refractivity contribution is 7.90. The van der Waals surface area contributed by atoms with Crippen LogP contribution in [0, 0.1) is 0 Å². The van der Waals surface area contributed by atoms with Gasteiger partial charge >= 0.3 is 6.18 Å². The predicted octanol–water partition coefficient (Wildman–Crippen LogP) is 1.70. The molecular weight excluding hydrogens is 285 g/mol. The minimum absolute atomic E-state index is 0.0693. The molecule has 5 nitrogen and oxygen atoms in total. The van der Waals surface area contributed by atoms with Crippen molar-refractivity contribution in [2.45, 2.75) is 13.1 Å². The van der Waals surface area contributed by atoms with Gasteiger partial charge in [-0.1, -0.05) is 12.1 Å². The summed E-state index contributed by atoms with van der Waals surface area (Å²) in [7, 11) is -4.40. The van der Waals surface area contributed by atoms with Crippen LogP contribution < -0.4 is 9.44 Å². The molecule has 0 heterocycles. The predicted molar refractivity (Wildman–Crippen MR) is 63.0 cm³/mol. The molecule has 0 saturated heterocycles. The van der Waals surface area contributed by atoms with Crippen molar-refractivity contribution in [2.24, 2.45) is 0 Å². The maximum atomic E-state index is 11.9. The number of nitrogens with one attached hydrogen (secondary N) is 2. The SMILES string of the molecule is CC(=O)c1ccccc1NS(=O)(=O)NCC(F)(F)F. The molecule has 0 amide bonds. The van der Waals surface area contributed by atoms with E-state index in [2.05, 4.69) is 0 Å². The molecule has 0 bridgehead atoms. The fraction of sp³-hybridized carbons (Fsp3) is 0.300. The zero-order chi connectivity index (χ0) is 14.7. The summed E-state index contributed by atoms with van der Waals surface area (Å²) in [5.74, 6) is -0.408. The number of para-hydroxylation sites is 1. The summed E-state index contributed by atoms with van der Waals surface area (Å²) < 4.78 is 61.8. The van der Waals surface area contributed by atoms with E-state index in [9.17, 15) is 26.4 Å². The maximum absolute atomic E-state index is 11.9. The molecule has 0 radical (unpaired) electrons. The van der Waals surface area contributed by atoms with E-state index in [1.54, 1.807) is 0 Å². The van der Waals surface area contributed by atoms with Gasteiger partial charge in [-0.2, -0.15) is 26.3 Å². The summed E-state index contributed by atoms with van der Waals surface area (Å²) >= 11 is 0. The van der Waals surface area contributed by atoms with Crippen molar-refractivity contribution in [3.05, 3.63) is 29.8 Å². The molecule has 9 heteroatoms. The van der Waals surface area contributed by atoms with Crippen molar-refractivity contribution in [1.82, 2.24) is 4.72 Å². The standard InChI is InChI=1S/C10H11F3N2O3S/c1-7(16)8-4-2-3-5-9(8)15-19(17,18)14-6-10(11,12)13/h2-5,14-15H,6H2,1H3. The Morgan fingerprint density at radius 3 is 2.37 bits per heavy atom. The van der Waals surface area contributed by atoms with E-state index in [0.29, 0.717) is 0 Å². The fourth-order valence-electron chi connectivity index (χ4n) is 1.24. The van der Waals surface area contributed by atoms with Gasteiger partial charge in [-0.3, -0.25) is 9.52 Å². The molecule has 1 rings (SSSR count). The molecule has 1 aromatic carbocycles. The van der Waals surface area contributed by atoms with E-state index in [1.165, 1.54) is 35.9 Å². The summed E-state index contributed by atoms with van der Waals surface area (Å²) in [6, 6.07) is 5.61. The molecule has 0 unspecified atom stereocenters. The van der Waals surface area contributed by atoms with E-state index in [0.717, 1.165) is 0 Å². The van der Waals surface area contributed by atoms with Crippen LogP contribution in [0.1, 0.15) is 17.3 Å². The molecule has 0 saturated carbocycles. The van der Waals surface area contributed by atoms with Crippen LogP contribution in [-0.4, -0.2) is 26.9 Å². The minimum Gasteiger partial charge on any atom is -0.294 e. The highest BCUT2D eigenvalue weighted by Gasteiger charge is 2.29. The van der Waals surface area contributed by atoms with Crippen molar-refractivity contribution in [3.8, 4) is 0 Å². The number of halogens is 3. The number of ketones is 1. The first-order valence-corrected chi connectivity index (χ1v) is 6.53. The van der Waals surface area contributed by atoms with Crippen LogP contribution in [0.5, 0.6) is 0 Å². The topological polar surface area (TPSA) is 75.3 Å². The van der Waals surface area contributed by atoms with Crippen LogP contribution in [0.3, 0.4) is 0 Å². The molecule has 0 aliphatic carbocycles. The van der Waals surface area contributed by atoms with Gasteiger partial charge in [-0.15, -0.1) is 0 Å². The Labute approximate surface area is 108 Å². The highest BCUT2D eigenvalue weighted by Crippen LogP contribution is 2.17. The maximum Gasteiger partial charge on any atom is 0.402 e. The molecule has 0 atom stereocenters. The quantitative estimate of drug-likeness (QED) is 0.812. The molecule has 0 aliphatic rings. The van der Waals surface area contributed by atoms with E-state index < -0.39 is 28.7 Å². The Kier molecular flexibility index (Phi) is 4.53. The Bertz CT molecular complexity index is 570. The van der Waals surface area contributed by atoms with E-state index in [1.807, 2.05) is 4.72 Å². The lowest BCUT2D eigenvalue weighted by Crippen LogP contribution is -2.37. The first kappa shape index (κ1) is 15.4. The Hall–Kier alpha value is -1.61. The van der Waals surface area contributed by atoms with Crippen LogP contribution in [-0.2, 0) is 10.2 Å². The summed E-state index contributed by atoms with van der Waals surface area (Å²) in [5, 5.41) is 0. The van der Waals surface area contributed by atoms with Gasteiger partial charge in [0.1, 0.15) is 6.54 Å². The Balaban J connectivity index is 2.87. The van der Waals surface area contributed by atoms with E-state index in [4.69, 9.17) is 0 Å². The number of rotatable bonds is 5. The molecule has 0 aliphatic heterocycles. The summed E-state index contributed by atoms with van der Waals surface area (Å²) in [6.45, 7) is -0.471. The van der Waals surface area contributed by atoms with E-state index >= 15 is 0 Å². The lowest BCUT2D eigenvalue weighted by Gasteiger charge is -2.12. The number of benzene rings is 1. The van der Waals surface area contributed by atoms with Gasteiger partial charge < -0.3 is 0 Å². The fourth-order valence-corrected chi connectivity index (χ4v) is 2.13. The molecular formula is C10H11F3N2O3S. The second-order valence-electron chi connectivity index (χ2n) is 3.64. The molecule has 19 heavy (non-hydrogen) atoms. The average molecular weight is 296 g/mol. The monoisotopic (exact) mass is 296 g/mol. The average Bonchev–Trinajstić information content (AvgIpc) is 2.26. The number of anilines is 1. The molecule has 0 spiro atoms. The van der Waals surface area contributed by atoms with Gasteiger partial charge in [0.05, 0.1) is 5.69 Å². The van der Waals surface area contributed by atoms with Crippen molar-refractivity contribution >= 4 is 21.7 Å². The van der Waals surface area contributed by atoms with Gasteiger partial charge in [0.25, 0.3) is 10.2 Å². The normalized spacial score (nSPS) is 12.2. The van der Waals surface area contributed by atoms with Crippen LogP contribution in [0.2, 0.25) is 0 Å². The zero-order valence-corrected chi connectivity index (χ0v) is 10.6. The van der Waals surface area contributed by atoms with Crippen LogP contribution >= 0.6 is 0 Å². The first-order chi connectivity index (χ1) is 8.61. The first-order valence-electron chi connectivity index (χ1n) is 5.05. The molecule has 2 N–H and O–H groups in total. The molecule has 106 valence electrons. The van der Waals surface area contributed by atoms with Crippen LogP contribution in [0.15, 0.2) is 24.3 Å². The smallest absolute Gasteiger partial charge is 0.294 e. The third-order valence-corrected chi connectivity index (χ3v) is 3.03. The summed E-state index contributed by atoms with van der Waals surface area (Å²) in [4.78, 5) is 11.2. The molecule has 1 aromatic rings. The van der Waals surface area contributed by atoms with Crippen molar-refractivity contribution in [3.63, 3.8) is 0 Å². The highest BCUT2D eigenvalue weighted by atomic mass is 32.2. The lowest BCUT2D eigenvalue weighted by molar-refractivity contribution is -0.121. The second-order valence-corrected chi connectivity index (χ2v) is 5.14. The summed E-state index contributed by atoms with van der Waals surface area (Å²) in [6.07, 6.45) is -4.66. The number of hydrogen-bond donors (Lipinski definition) is 2. The molecule has 0 fully saturated rings. The lowest BCUT2D eigenvalue weighted by atomic mass is 10.1. The van der Waals surface area contributed by atoms with Crippen LogP contribution in [0.4, 0.5) is 18.9 Å². The Morgan fingerprint density at radius 1 is 1.26 bits per heavy atom. The van der Waals surface area contributed by atoms with Gasteiger partial charge in [-0.05, 0) is 19.1 Å². The number of carbonyl (C=O) groups is 1. The zero-order valence-electron chi connectivity index (χ0n) is 9.78. The Morgan fingerprint density at radius 2 is 1.84 bits per heavy atom. The van der Waals surface area contributed by atoms with Gasteiger partial charge in [-0.25, -0.2) is 0 Å². The van der Waals surface area contributed by atoms with Gasteiger partial charge in [0.2, 0.25) is 0 Å². The number of Topliss-reactive ketones (excluding diaryl/α,β-unsaturated/α-hetero) is 1.